The molecule has 1 N–H and O–H groups in total. The lowest BCUT2D eigenvalue weighted by atomic mass is 10.2. The van der Waals surface area contributed by atoms with E-state index in [4.69, 9.17) is 9.63 Å². The highest BCUT2D eigenvalue weighted by molar-refractivity contribution is 5.86. The summed E-state index contributed by atoms with van der Waals surface area (Å²) in [5.74, 6) is -0.773. The third-order valence-electron chi connectivity index (χ3n) is 1.91. The van der Waals surface area contributed by atoms with Crippen LogP contribution in [0.3, 0.4) is 0 Å². The van der Waals surface area contributed by atoms with Crippen molar-refractivity contribution in [2.45, 2.75) is 6.92 Å². The molecule has 2 aromatic rings. The van der Waals surface area contributed by atoms with Gasteiger partial charge in [0.25, 0.3) is 0 Å². The van der Waals surface area contributed by atoms with Gasteiger partial charge in [0.2, 0.25) is 0 Å². The number of hydrogen-bond donors (Lipinski definition) is 1. The fraction of sp³-hybridized carbons (Fsp3) is 0.111. The molecule has 0 aliphatic carbocycles. The Morgan fingerprint density at radius 2 is 2.33 bits per heavy atom. The molecule has 0 unspecified atom stereocenters. The summed E-state index contributed by atoms with van der Waals surface area (Å²) in [5.41, 5.74) is 1.21. The van der Waals surface area contributed by atoms with Crippen LogP contribution < -0.4 is 0 Å². The third kappa shape index (κ3) is 1.69. The Hall–Kier alpha value is -2.24. The van der Waals surface area contributed by atoms with E-state index in [2.05, 4.69) is 15.1 Å². The van der Waals surface area contributed by atoms with E-state index >= 15 is 0 Å². The zero-order valence-corrected chi connectivity index (χ0v) is 7.84. The van der Waals surface area contributed by atoms with Gasteiger partial charge in [0.05, 0.1) is 11.3 Å². The summed E-state index contributed by atoms with van der Waals surface area (Å²) in [5, 5.41) is 12.1. The molecule has 2 rings (SSSR count). The second-order valence-electron chi connectivity index (χ2n) is 2.90. The van der Waals surface area contributed by atoms with Gasteiger partial charge in [-0.25, -0.2) is 14.8 Å². The molecule has 0 bridgehead atoms. The Kier molecular flexibility index (Phi) is 2.17. The van der Waals surface area contributed by atoms with E-state index in [1.54, 1.807) is 13.1 Å². The zero-order valence-electron chi connectivity index (χ0n) is 7.84. The van der Waals surface area contributed by atoms with Crippen LogP contribution in [-0.2, 0) is 0 Å². The minimum atomic E-state index is -1.13. The van der Waals surface area contributed by atoms with Gasteiger partial charge in [-0.2, -0.15) is 0 Å². The highest BCUT2D eigenvalue weighted by Gasteiger charge is 2.13. The van der Waals surface area contributed by atoms with Crippen molar-refractivity contribution in [1.82, 2.24) is 15.1 Å². The highest BCUT2D eigenvalue weighted by atomic mass is 16.5. The van der Waals surface area contributed by atoms with Crippen LogP contribution in [0.25, 0.3) is 11.3 Å². The van der Waals surface area contributed by atoms with E-state index in [1.165, 1.54) is 12.4 Å². The van der Waals surface area contributed by atoms with Gasteiger partial charge in [-0.1, -0.05) is 5.16 Å². The Balaban J connectivity index is 2.46. The smallest absolute Gasteiger partial charge is 0.358 e. The Morgan fingerprint density at radius 1 is 1.53 bits per heavy atom. The number of aromatic nitrogens is 3. The Bertz CT molecular complexity index is 507. The van der Waals surface area contributed by atoms with Gasteiger partial charge in [-0.3, -0.25) is 0 Å². The Labute approximate surface area is 84.6 Å². The number of aromatic carboxylic acids is 1. The maximum atomic E-state index is 10.6. The molecule has 0 saturated heterocycles. The molecule has 15 heavy (non-hydrogen) atoms. The molecule has 2 aromatic heterocycles. The highest BCUT2D eigenvalue weighted by Crippen LogP contribution is 2.21. The molecule has 6 heteroatoms. The number of carboxylic acid groups (broad SMARTS) is 1. The summed E-state index contributed by atoms with van der Waals surface area (Å²) in [4.78, 5) is 18.4. The van der Waals surface area contributed by atoms with Crippen molar-refractivity contribution in [1.29, 1.82) is 0 Å². The number of hydrogen-bond acceptors (Lipinski definition) is 5. The minimum Gasteiger partial charge on any atom is -0.476 e. The van der Waals surface area contributed by atoms with Gasteiger partial charge >= 0.3 is 5.97 Å². The van der Waals surface area contributed by atoms with Crippen LogP contribution in [-0.4, -0.2) is 26.2 Å². The second-order valence-corrected chi connectivity index (χ2v) is 2.90. The first-order valence-electron chi connectivity index (χ1n) is 4.15. The van der Waals surface area contributed by atoms with Crippen molar-refractivity contribution >= 4 is 5.97 Å². The summed E-state index contributed by atoms with van der Waals surface area (Å²) in [6.45, 7) is 1.78. The molecule has 0 aliphatic rings. The molecule has 0 atom stereocenters. The summed E-state index contributed by atoms with van der Waals surface area (Å²) in [6, 6.07) is 1.34. The zero-order chi connectivity index (χ0) is 10.8. The van der Waals surface area contributed by atoms with Gasteiger partial charge in [-0.05, 0) is 6.92 Å². The van der Waals surface area contributed by atoms with Crippen LogP contribution in [0.4, 0.5) is 0 Å². The molecule has 6 nitrogen and oxygen atoms in total. The van der Waals surface area contributed by atoms with Crippen LogP contribution in [0.15, 0.2) is 23.1 Å². The maximum absolute atomic E-state index is 10.6. The van der Waals surface area contributed by atoms with Crippen molar-refractivity contribution in [3.05, 3.63) is 30.0 Å². The summed E-state index contributed by atoms with van der Waals surface area (Å²) in [6.07, 6.45) is 2.96. The molecular weight excluding hydrogens is 198 g/mol. The molecule has 76 valence electrons. The largest absolute Gasteiger partial charge is 0.476 e. The van der Waals surface area contributed by atoms with E-state index < -0.39 is 5.97 Å². The van der Waals surface area contributed by atoms with E-state index in [9.17, 15) is 4.79 Å². The average Bonchev–Trinajstić information content (AvgIpc) is 2.67. The molecule has 0 spiro atoms. The minimum absolute atomic E-state index is 0.131. The number of carbonyl (C=O) groups is 1. The predicted molar refractivity (Wildman–Crippen MR) is 49.2 cm³/mol. The van der Waals surface area contributed by atoms with E-state index in [-0.39, 0.29) is 5.69 Å². The topological polar surface area (TPSA) is 89.1 Å². The summed E-state index contributed by atoms with van der Waals surface area (Å²) >= 11 is 0. The van der Waals surface area contributed by atoms with Crippen LogP contribution in [0, 0.1) is 6.92 Å². The molecule has 0 aromatic carbocycles. The standard InChI is InChI=1S/C9H7N3O3/c1-5-6(3-10-4-11-5)8-2-7(9(13)14)12-15-8/h2-4H,1H3,(H,13,14). The van der Waals surface area contributed by atoms with Crippen molar-refractivity contribution in [3.8, 4) is 11.3 Å². The van der Waals surface area contributed by atoms with Crippen molar-refractivity contribution in [2.75, 3.05) is 0 Å². The molecule has 0 saturated carbocycles. The second kappa shape index (κ2) is 3.49. The SMILES string of the molecule is Cc1ncncc1-c1cc(C(=O)O)no1. The monoisotopic (exact) mass is 205 g/mol. The lowest BCUT2D eigenvalue weighted by Crippen LogP contribution is -1.94. The van der Waals surface area contributed by atoms with Gasteiger partial charge < -0.3 is 9.63 Å². The first kappa shape index (κ1) is 9.32. The molecule has 2 heterocycles. The van der Waals surface area contributed by atoms with Crippen LogP contribution >= 0.6 is 0 Å². The molecule has 0 fully saturated rings. The lowest BCUT2D eigenvalue weighted by molar-refractivity contribution is 0.0686. The van der Waals surface area contributed by atoms with Gasteiger partial charge in [0.15, 0.2) is 11.5 Å². The normalized spacial score (nSPS) is 10.2. The predicted octanol–water partition coefficient (Wildman–Crippen LogP) is 1.14. The molecular formula is C9H7N3O3. The summed E-state index contributed by atoms with van der Waals surface area (Å²) < 4.78 is 4.88. The third-order valence-corrected chi connectivity index (χ3v) is 1.91. The lowest BCUT2D eigenvalue weighted by Gasteiger charge is -1.96. The van der Waals surface area contributed by atoms with Crippen molar-refractivity contribution < 1.29 is 14.4 Å². The number of nitrogens with zero attached hydrogens (tertiary/aromatic N) is 3. The van der Waals surface area contributed by atoms with Gasteiger partial charge in [0.1, 0.15) is 6.33 Å². The van der Waals surface area contributed by atoms with Crippen LogP contribution in [0.5, 0.6) is 0 Å². The quantitative estimate of drug-likeness (QED) is 0.790. The molecule has 0 amide bonds. The van der Waals surface area contributed by atoms with Crippen molar-refractivity contribution in [2.24, 2.45) is 0 Å². The Morgan fingerprint density at radius 3 is 2.93 bits per heavy atom. The fourth-order valence-corrected chi connectivity index (χ4v) is 1.14. The van der Waals surface area contributed by atoms with E-state index in [0.717, 1.165) is 0 Å². The number of carboxylic acids is 1. The maximum Gasteiger partial charge on any atom is 0.358 e. The number of aryl methyl sites for hydroxylation is 1. The van der Waals surface area contributed by atoms with Crippen LogP contribution in [0.2, 0.25) is 0 Å². The fourth-order valence-electron chi connectivity index (χ4n) is 1.14. The van der Waals surface area contributed by atoms with Gasteiger partial charge in [-0.15, -0.1) is 0 Å². The number of rotatable bonds is 2. The van der Waals surface area contributed by atoms with Crippen molar-refractivity contribution in [3.63, 3.8) is 0 Å². The summed E-state index contributed by atoms with van der Waals surface area (Å²) in [7, 11) is 0. The van der Waals surface area contributed by atoms with E-state index in [1.807, 2.05) is 0 Å². The van der Waals surface area contributed by atoms with Gasteiger partial charge in [0, 0.05) is 12.3 Å². The molecule has 0 radical (unpaired) electrons. The first-order chi connectivity index (χ1) is 7.18. The molecule has 0 aliphatic heterocycles. The van der Waals surface area contributed by atoms with E-state index in [0.29, 0.717) is 17.0 Å². The first-order valence-corrected chi connectivity index (χ1v) is 4.15. The average molecular weight is 205 g/mol. The van der Waals surface area contributed by atoms with Crippen LogP contribution in [0.1, 0.15) is 16.2 Å².